The Hall–Kier alpha value is -2.80. The highest BCUT2D eigenvalue weighted by Crippen LogP contribution is 2.38. The fourth-order valence-corrected chi connectivity index (χ4v) is 2.76. The molecule has 0 spiro atoms. The predicted molar refractivity (Wildman–Crippen MR) is 91.7 cm³/mol. The lowest BCUT2D eigenvalue weighted by atomic mass is 10.1. The molecule has 27 heavy (non-hydrogen) atoms. The highest BCUT2D eigenvalue weighted by Gasteiger charge is 2.59. The van der Waals surface area contributed by atoms with Crippen molar-refractivity contribution in [3.05, 3.63) is 71.8 Å². The predicted octanol–water partition coefficient (Wildman–Crippen LogP) is 3.49. The second-order valence-corrected chi connectivity index (χ2v) is 6.15. The van der Waals surface area contributed by atoms with Crippen LogP contribution >= 0.6 is 0 Å². The van der Waals surface area contributed by atoms with Crippen molar-refractivity contribution in [1.82, 2.24) is 0 Å². The van der Waals surface area contributed by atoms with Crippen LogP contribution in [0.15, 0.2) is 60.7 Å². The second kappa shape index (κ2) is 7.84. The zero-order chi connectivity index (χ0) is 19.4. The number of ether oxygens (including phenoxy) is 3. The summed E-state index contributed by atoms with van der Waals surface area (Å²) in [7, 11) is 0. The Bertz CT molecular complexity index is 795. The molecular weight excluding hydrogens is 358 g/mol. The average Bonchev–Trinajstić information content (AvgIpc) is 2.90. The molecule has 142 valence electrons. The van der Waals surface area contributed by atoms with E-state index in [1.807, 2.05) is 0 Å². The molecule has 2 unspecified atom stereocenters. The van der Waals surface area contributed by atoms with E-state index >= 15 is 0 Å². The number of hydrogen-bond donors (Lipinski definition) is 0. The summed E-state index contributed by atoms with van der Waals surface area (Å²) in [5.41, 5.74) is 0.431. The molecular formula is C20H18F2O5. The van der Waals surface area contributed by atoms with E-state index < -0.39 is 42.8 Å². The first kappa shape index (κ1) is 19.0. The van der Waals surface area contributed by atoms with Gasteiger partial charge in [0.25, 0.3) is 0 Å². The van der Waals surface area contributed by atoms with Gasteiger partial charge in [-0.1, -0.05) is 36.4 Å². The van der Waals surface area contributed by atoms with E-state index in [0.717, 1.165) is 0 Å². The quantitative estimate of drug-likeness (QED) is 0.748. The van der Waals surface area contributed by atoms with E-state index in [0.29, 0.717) is 0 Å². The maximum Gasteiger partial charge on any atom is 0.338 e. The summed E-state index contributed by atoms with van der Waals surface area (Å²) in [5, 5.41) is 0. The van der Waals surface area contributed by atoms with Gasteiger partial charge in [-0.2, -0.15) is 8.78 Å². The van der Waals surface area contributed by atoms with E-state index in [1.54, 1.807) is 48.5 Å². The molecule has 0 N–H and O–H groups in total. The first-order valence-electron chi connectivity index (χ1n) is 8.41. The van der Waals surface area contributed by atoms with Crippen LogP contribution in [0.4, 0.5) is 8.78 Å². The van der Waals surface area contributed by atoms with Crippen LogP contribution in [0.25, 0.3) is 0 Å². The number of carbonyl (C=O) groups is 2. The van der Waals surface area contributed by atoms with Crippen molar-refractivity contribution in [2.45, 2.75) is 31.2 Å². The zero-order valence-corrected chi connectivity index (χ0v) is 14.5. The van der Waals surface area contributed by atoms with Gasteiger partial charge in [0, 0.05) is 0 Å². The van der Waals surface area contributed by atoms with Crippen molar-refractivity contribution in [2.75, 3.05) is 6.61 Å². The molecule has 5 nitrogen and oxygen atoms in total. The van der Waals surface area contributed by atoms with Gasteiger partial charge in [-0.15, -0.1) is 0 Å². The van der Waals surface area contributed by atoms with E-state index in [4.69, 9.17) is 14.2 Å². The lowest BCUT2D eigenvalue weighted by molar-refractivity contribution is -0.111. The Morgan fingerprint density at radius 2 is 1.48 bits per heavy atom. The molecule has 2 aromatic carbocycles. The summed E-state index contributed by atoms with van der Waals surface area (Å²) >= 11 is 0. The minimum Gasteiger partial charge on any atom is -0.459 e. The third-order valence-corrected chi connectivity index (χ3v) is 4.27. The molecule has 0 bridgehead atoms. The molecule has 1 fully saturated rings. The zero-order valence-electron chi connectivity index (χ0n) is 14.5. The van der Waals surface area contributed by atoms with Gasteiger partial charge in [0.05, 0.1) is 11.1 Å². The van der Waals surface area contributed by atoms with E-state index in [2.05, 4.69) is 0 Å². The normalized spacial score (nSPS) is 23.6. The molecule has 0 aliphatic carbocycles. The molecule has 0 amide bonds. The molecule has 1 aliphatic rings. The Morgan fingerprint density at radius 3 is 2.04 bits per heavy atom. The van der Waals surface area contributed by atoms with Gasteiger partial charge in [-0.3, -0.25) is 0 Å². The van der Waals surface area contributed by atoms with Crippen molar-refractivity contribution >= 4 is 11.9 Å². The number of alkyl halides is 2. The molecule has 3 rings (SSSR count). The summed E-state index contributed by atoms with van der Waals surface area (Å²) in [6, 6.07) is 15.9. The van der Waals surface area contributed by atoms with Gasteiger partial charge in [0.15, 0.2) is 6.10 Å². The molecule has 0 radical (unpaired) electrons. The SMILES string of the molecule is CC1O[C@H](COC(=O)c2ccccc2)C(OC(=O)c2ccccc2)C1(F)F. The van der Waals surface area contributed by atoms with Gasteiger partial charge in [-0.25, -0.2) is 9.59 Å². The molecule has 1 aliphatic heterocycles. The maximum atomic E-state index is 14.4. The highest BCUT2D eigenvalue weighted by molar-refractivity contribution is 5.90. The van der Waals surface area contributed by atoms with Crippen molar-refractivity contribution in [1.29, 1.82) is 0 Å². The van der Waals surface area contributed by atoms with Gasteiger partial charge in [0.1, 0.15) is 18.8 Å². The van der Waals surface area contributed by atoms with Crippen LogP contribution in [0, 0.1) is 0 Å². The third kappa shape index (κ3) is 4.14. The summed E-state index contributed by atoms with van der Waals surface area (Å²) in [6.07, 6.45) is -4.61. The Morgan fingerprint density at radius 1 is 0.963 bits per heavy atom. The van der Waals surface area contributed by atoms with Crippen LogP contribution in [0.5, 0.6) is 0 Å². The molecule has 0 saturated carbocycles. The van der Waals surface area contributed by atoms with Gasteiger partial charge in [0.2, 0.25) is 0 Å². The minimum absolute atomic E-state index is 0.146. The Kier molecular flexibility index (Phi) is 5.51. The number of benzene rings is 2. The van der Waals surface area contributed by atoms with Crippen LogP contribution in [-0.2, 0) is 14.2 Å². The van der Waals surface area contributed by atoms with Crippen LogP contribution in [0.3, 0.4) is 0 Å². The van der Waals surface area contributed by atoms with Crippen molar-refractivity contribution < 1.29 is 32.6 Å². The largest absolute Gasteiger partial charge is 0.459 e. The van der Waals surface area contributed by atoms with Crippen LogP contribution in [0.1, 0.15) is 27.6 Å². The summed E-state index contributed by atoms with van der Waals surface area (Å²) in [6.45, 7) is 0.725. The first-order chi connectivity index (χ1) is 12.9. The lowest BCUT2D eigenvalue weighted by Gasteiger charge is -2.23. The smallest absolute Gasteiger partial charge is 0.338 e. The van der Waals surface area contributed by atoms with Gasteiger partial charge >= 0.3 is 17.9 Å². The van der Waals surface area contributed by atoms with Crippen molar-refractivity contribution in [3.63, 3.8) is 0 Å². The Balaban J connectivity index is 1.69. The monoisotopic (exact) mass is 376 g/mol. The molecule has 3 atom stereocenters. The Labute approximate surface area is 154 Å². The molecule has 1 saturated heterocycles. The highest BCUT2D eigenvalue weighted by atomic mass is 19.3. The standard InChI is InChI=1S/C20H18F2O5/c1-13-20(21,22)17(27-19(24)15-10-6-3-7-11-15)16(26-13)12-25-18(23)14-8-4-2-5-9-14/h2-11,13,16-17H,12H2,1H3/t13?,16-,17?/m1/s1. The first-order valence-corrected chi connectivity index (χ1v) is 8.41. The number of hydrogen-bond acceptors (Lipinski definition) is 5. The lowest BCUT2D eigenvalue weighted by Crippen LogP contribution is -2.43. The second-order valence-electron chi connectivity index (χ2n) is 6.15. The summed E-state index contributed by atoms with van der Waals surface area (Å²) in [5.74, 6) is -4.97. The molecule has 1 heterocycles. The van der Waals surface area contributed by atoms with Crippen LogP contribution in [0.2, 0.25) is 0 Å². The maximum absolute atomic E-state index is 14.4. The van der Waals surface area contributed by atoms with Crippen LogP contribution < -0.4 is 0 Å². The molecule has 0 aromatic heterocycles. The van der Waals surface area contributed by atoms with Crippen LogP contribution in [-0.4, -0.2) is 42.8 Å². The number of rotatable bonds is 5. The number of carbonyl (C=O) groups excluding carboxylic acids is 2. The van der Waals surface area contributed by atoms with Crippen molar-refractivity contribution in [2.24, 2.45) is 0 Å². The fourth-order valence-electron chi connectivity index (χ4n) is 2.76. The van der Waals surface area contributed by atoms with Crippen molar-refractivity contribution in [3.8, 4) is 0 Å². The van der Waals surface area contributed by atoms with Gasteiger partial charge < -0.3 is 14.2 Å². The van der Waals surface area contributed by atoms with E-state index in [1.165, 1.54) is 19.1 Å². The van der Waals surface area contributed by atoms with E-state index in [-0.39, 0.29) is 11.1 Å². The van der Waals surface area contributed by atoms with E-state index in [9.17, 15) is 18.4 Å². The number of esters is 2. The third-order valence-electron chi connectivity index (χ3n) is 4.27. The average molecular weight is 376 g/mol. The summed E-state index contributed by atoms with van der Waals surface area (Å²) < 4.78 is 44.2. The number of halogens is 2. The molecule has 2 aromatic rings. The summed E-state index contributed by atoms with van der Waals surface area (Å²) in [4.78, 5) is 24.2. The van der Waals surface area contributed by atoms with Gasteiger partial charge in [-0.05, 0) is 31.2 Å². The minimum atomic E-state index is -3.41. The fraction of sp³-hybridized carbons (Fsp3) is 0.300. The molecule has 7 heteroatoms. The topological polar surface area (TPSA) is 61.8 Å².